The van der Waals surface area contributed by atoms with Crippen molar-refractivity contribution >= 4 is 27.7 Å². The molecule has 5 nitrogen and oxygen atoms in total. The van der Waals surface area contributed by atoms with Gasteiger partial charge in [-0.05, 0) is 0 Å². The minimum Gasteiger partial charge on any atom is -0.294 e. The van der Waals surface area contributed by atoms with E-state index in [-0.39, 0.29) is 10.7 Å². The van der Waals surface area contributed by atoms with Crippen molar-refractivity contribution in [3.8, 4) is 6.07 Å². The SMILES string of the molecule is N#Cc1cncnc1N1CC(Br)CC1=O. The minimum absolute atomic E-state index is 0.0212. The number of amides is 1. The third-order valence-electron chi connectivity index (χ3n) is 2.15. The second-order valence-electron chi connectivity index (χ2n) is 3.18. The lowest BCUT2D eigenvalue weighted by molar-refractivity contribution is -0.117. The zero-order valence-electron chi connectivity index (χ0n) is 7.72. The molecule has 0 aliphatic carbocycles. The summed E-state index contributed by atoms with van der Waals surface area (Å²) in [5, 5.41) is 8.85. The third kappa shape index (κ3) is 1.83. The van der Waals surface area contributed by atoms with Crippen LogP contribution >= 0.6 is 15.9 Å². The summed E-state index contributed by atoms with van der Waals surface area (Å²) in [4.78, 5) is 20.9. The number of nitrogens with zero attached hydrogens (tertiary/aromatic N) is 4. The molecule has 0 N–H and O–H groups in total. The first-order chi connectivity index (χ1) is 7.22. The van der Waals surface area contributed by atoms with Crippen LogP contribution in [0.2, 0.25) is 0 Å². The molecule has 1 aromatic rings. The van der Waals surface area contributed by atoms with Crippen molar-refractivity contribution in [3.63, 3.8) is 0 Å². The van der Waals surface area contributed by atoms with Crippen LogP contribution in [0.4, 0.5) is 5.82 Å². The molecule has 6 heteroatoms. The average Bonchev–Trinajstić information content (AvgIpc) is 2.57. The van der Waals surface area contributed by atoms with Gasteiger partial charge in [-0.1, -0.05) is 15.9 Å². The third-order valence-corrected chi connectivity index (χ3v) is 2.76. The van der Waals surface area contributed by atoms with Crippen LogP contribution in [-0.4, -0.2) is 27.2 Å². The molecule has 0 aromatic carbocycles. The second-order valence-corrected chi connectivity index (χ2v) is 4.47. The summed E-state index contributed by atoms with van der Waals surface area (Å²) in [6, 6.07) is 1.97. The van der Waals surface area contributed by atoms with E-state index in [2.05, 4.69) is 25.9 Å². The van der Waals surface area contributed by atoms with E-state index in [0.717, 1.165) is 0 Å². The maximum atomic E-state index is 11.6. The molecule has 0 radical (unpaired) electrons. The smallest absolute Gasteiger partial charge is 0.229 e. The van der Waals surface area contributed by atoms with Crippen molar-refractivity contribution in [2.75, 3.05) is 11.4 Å². The summed E-state index contributed by atoms with van der Waals surface area (Å²) in [6.07, 6.45) is 3.19. The van der Waals surface area contributed by atoms with Gasteiger partial charge in [0.2, 0.25) is 5.91 Å². The Morgan fingerprint density at radius 2 is 2.47 bits per heavy atom. The Labute approximate surface area is 94.9 Å². The summed E-state index contributed by atoms with van der Waals surface area (Å²) in [7, 11) is 0. The lowest BCUT2D eigenvalue weighted by Crippen LogP contribution is -2.26. The van der Waals surface area contributed by atoms with Crippen LogP contribution in [0.3, 0.4) is 0 Å². The highest BCUT2D eigenvalue weighted by atomic mass is 79.9. The maximum absolute atomic E-state index is 11.6. The van der Waals surface area contributed by atoms with Crippen LogP contribution in [0, 0.1) is 11.3 Å². The van der Waals surface area contributed by atoms with Crippen molar-refractivity contribution < 1.29 is 4.79 Å². The Kier molecular flexibility index (Phi) is 2.64. The maximum Gasteiger partial charge on any atom is 0.229 e. The summed E-state index contributed by atoms with van der Waals surface area (Å²) >= 11 is 3.37. The molecule has 0 saturated carbocycles. The Balaban J connectivity index is 2.38. The average molecular weight is 267 g/mol. The molecule has 1 atom stereocenters. The normalized spacial score (nSPS) is 20.4. The molecule has 1 aromatic heterocycles. The van der Waals surface area contributed by atoms with Crippen LogP contribution in [0.25, 0.3) is 0 Å². The minimum atomic E-state index is -0.0212. The number of carbonyl (C=O) groups is 1. The largest absolute Gasteiger partial charge is 0.294 e. The zero-order valence-corrected chi connectivity index (χ0v) is 9.31. The van der Waals surface area contributed by atoms with Crippen LogP contribution in [0.15, 0.2) is 12.5 Å². The Hall–Kier alpha value is -1.48. The molecule has 15 heavy (non-hydrogen) atoms. The van der Waals surface area contributed by atoms with Gasteiger partial charge in [-0.25, -0.2) is 9.97 Å². The number of halogens is 1. The van der Waals surface area contributed by atoms with E-state index in [1.54, 1.807) is 0 Å². The molecule has 1 unspecified atom stereocenters. The molecule has 1 saturated heterocycles. The van der Waals surface area contributed by atoms with Gasteiger partial charge in [0.05, 0.1) is 6.20 Å². The lowest BCUT2D eigenvalue weighted by Gasteiger charge is -2.14. The molecule has 2 heterocycles. The number of hydrogen-bond acceptors (Lipinski definition) is 4. The second kappa shape index (κ2) is 3.95. The quantitative estimate of drug-likeness (QED) is 0.707. The Morgan fingerprint density at radius 3 is 3.07 bits per heavy atom. The first-order valence-corrected chi connectivity index (χ1v) is 5.28. The van der Waals surface area contributed by atoms with E-state index < -0.39 is 0 Å². The molecule has 0 bridgehead atoms. The van der Waals surface area contributed by atoms with Gasteiger partial charge in [-0.2, -0.15) is 5.26 Å². The van der Waals surface area contributed by atoms with E-state index >= 15 is 0 Å². The van der Waals surface area contributed by atoms with E-state index in [1.165, 1.54) is 17.4 Å². The highest BCUT2D eigenvalue weighted by Crippen LogP contribution is 2.25. The van der Waals surface area contributed by atoms with Gasteiger partial charge >= 0.3 is 0 Å². The van der Waals surface area contributed by atoms with Gasteiger partial charge < -0.3 is 0 Å². The van der Waals surface area contributed by atoms with Crippen LogP contribution in [0.1, 0.15) is 12.0 Å². The summed E-state index contributed by atoms with van der Waals surface area (Å²) in [5.74, 6) is 0.381. The fraction of sp³-hybridized carbons (Fsp3) is 0.333. The molecule has 1 aliphatic heterocycles. The zero-order chi connectivity index (χ0) is 10.8. The molecule has 0 spiro atoms. The topological polar surface area (TPSA) is 69.9 Å². The first-order valence-electron chi connectivity index (χ1n) is 4.37. The highest BCUT2D eigenvalue weighted by Gasteiger charge is 2.31. The van der Waals surface area contributed by atoms with Gasteiger partial charge in [-0.15, -0.1) is 0 Å². The van der Waals surface area contributed by atoms with E-state index in [9.17, 15) is 4.79 Å². The Morgan fingerprint density at radius 1 is 1.67 bits per heavy atom. The van der Waals surface area contributed by atoms with E-state index in [1.807, 2.05) is 6.07 Å². The van der Waals surface area contributed by atoms with Crippen molar-refractivity contribution in [1.29, 1.82) is 5.26 Å². The molecule has 1 aliphatic rings. The van der Waals surface area contributed by atoms with Crippen LogP contribution < -0.4 is 4.90 Å². The molecule has 76 valence electrons. The predicted octanol–water partition coefficient (Wildman–Crippen LogP) is 0.848. The standard InChI is InChI=1S/C9H7BrN4O/c10-7-1-8(15)14(4-7)9-6(2-11)3-12-5-13-9/h3,5,7H,1,4H2. The van der Waals surface area contributed by atoms with Crippen LogP contribution in [-0.2, 0) is 4.79 Å². The van der Waals surface area contributed by atoms with Gasteiger partial charge in [0.15, 0.2) is 5.82 Å². The van der Waals surface area contributed by atoms with Crippen molar-refractivity contribution in [2.45, 2.75) is 11.2 Å². The molecular formula is C9H7BrN4O. The number of rotatable bonds is 1. The number of nitriles is 1. The van der Waals surface area contributed by atoms with Gasteiger partial charge in [0.1, 0.15) is 18.0 Å². The molecular weight excluding hydrogens is 260 g/mol. The van der Waals surface area contributed by atoms with Gasteiger partial charge in [0, 0.05) is 17.8 Å². The van der Waals surface area contributed by atoms with Gasteiger partial charge in [-0.3, -0.25) is 9.69 Å². The molecule has 1 fully saturated rings. The molecule has 2 rings (SSSR count). The number of hydrogen-bond donors (Lipinski definition) is 0. The Bertz CT molecular complexity index is 442. The number of aromatic nitrogens is 2. The molecule has 1 amide bonds. The number of anilines is 1. The monoisotopic (exact) mass is 266 g/mol. The van der Waals surface area contributed by atoms with E-state index in [4.69, 9.17) is 5.26 Å². The predicted molar refractivity (Wildman–Crippen MR) is 56.4 cm³/mol. The number of carbonyl (C=O) groups excluding carboxylic acids is 1. The summed E-state index contributed by atoms with van der Waals surface area (Å²) in [6.45, 7) is 0.546. The van der Waals surface area contributed by atoms with Crippen molar-refractivity contribution in [3.05, 3.63) is 18.1 Å². The van der Waals surface area contributed by atoms with Gasteiger partial charge in [0.25, 0.3) is 0 Å². The lowest BCUT2D eigenvalue weighted by atomic mass is 10.3. The van der Waals surface area contributed by atoms with Crippen LogP contribution in [0.5, 0.6) is 0 Å². The fourth-order valence-electron chi connectivity index (χ4n) is 1.49. The van der Waals surface area contributed by atoms with E-state index in [0.29, 0.717) is 24.3 Å². The number of alkyl halides is 1. The van der Waals surface area contributed by atoms with Crippen molar-refractivity contribution in [1.82, 2.24) is 9.97 Å². The summed E-state index contributed by atoms with van der Waals surface area (Å²) < 4.78 is 0. The summed E-state index contributed by atoms with van der Waals surface area (Å²) in [5.41, 5.74) is 0.326. The first kappa shape index (κ1) is 10.1. The fourth-order valence-corrected chi connectivity index (χ4v) is 2.05. The van der Waals surface area contributed by atoms with Crippen molar-refractivity contribution in [2.24, 2.45) is 0 Å². The highest BCUT2D eigenvalue weighted by molar-refractivity contribution is 9.09.